The second kappa shape index (κ2) is 4.45. The largest absolute Gasteiger partial charge is 0.386 e. The van der Waals surface area contributed by atoms with Crippen LogP contribution in [-0.4, -0.2) is 40.4 Å². The van der Waals surface area contributed by atoms with Gasteiger partial charge < -0.3 is 19.7 Å². The van der Waals surface area contributed by atoms with Crippen molar-refractivity contribution in [2.75, 3.05) is 0 Å². The van der Waals surface area contributed by atoms with Gasteiger partial charge in [-0.2, -0.15) is 0 Å². The summed E-state index contributed by atoms with van der Waals surface area (Å²) in [6, 6.07) is 0. The maximum Gasteiger partial charge on any atom is 0.164 e. The van der Waals surface area contributed by atoms with E-state index in [-0.39, 0.29) is 0 Å². The predicted molar refractivity (Wildman–Crippen MR) is 56.2 cm³/mol. The van der Waals surface area contributed by atoms with Gasteiger partial charge in [-0.1, -0.05) is 12.2 Å². The van der Waals surface area contributed by atoms with E-state index in [0.29, 0.717) is 0 Å². The summed E-state index contributed by atoms with van der Waals surface area (Å²) in [5.74, 6) is -0.816. The maximum atomic E-state index is 9.64. The minimum Gasteiger partial charge on any atom is -0.386 e. The van der Waals surface area contributed by atoms with Crippen LogP contribution in [0.15, 0.2) is 25.3 Å². The zero-order valence-corrected chi connectivity index (χ0v) is 9.09. The Morgan fingerprint density at radius 1 is 1.07 bits per heavy atom. The molecule has 15 heavy (non-hydrogen) atoms. The molecule has 0 aliphatic carbocycles. The second-order valence-electron chi connectivity index (χ2n) is 4.02. The highest BCUT2D eigenvalue weighted by molar-refractivity contribution is 5.00. The molecule has 4 atom stereocenters. The van der Waals surface area contributed by atoms with E-state index in [1.165, 1.54) is 12.2 Å². The average Bonchev–Trinajstić information content (AvgIpc) is 2.52. The zero-order valence-electron chi connectivity index (χ0n) is 9.09. The molecule has 0 spiro atoms. The lowest BCUT2D eigenvalue weighted by atomic mass is 10.0. The molecular weight excluding hydrogens is 196 g/mol. The third-order valence-corrected chi connectivity index (χ3v) is 2.32. The van der Waals surface area contributed by atoms with Gasteiger partial charge in [-0.05, 0) is 13.8 Å². The van der Waals surface area contributed by atoms with E-state index in [1.54, 1.807) is 13.8 Å². The Hall–Kier alpha value is -0.680. The summed E-state index contributed by atoms with van der Waals surface area (Å²) in [7, 11) is 0. The van der Waals surface area contributed by atoms with Gasteiger partial charge in [0.15, 0.2) is 5.79 Å². The van der Waals surface area contributed by atoms with Crippen molar-refractivity contribution in [2.24, 2.45) is 0 Å². The first-order valence-electron chi connectivity index (χ1n) is 4.88. The minimum absolute atomic E-state index is 0.620. The molecule has 1 heterocycles. The lowest BCUT2D eigenvalue weighted by molar-refractivity contribution is -0.157. The number of ether oxygens (including phenoxy) is 2. The molecule has 2 N–H and O–H groups in total. The first-order chi connectivity index (χ1) is 6.91. The van der Waals surface area contributed by atoms with Gasteiger partial charge >= 0.3 is 0 Å². The SMILES string of the molecule is C=CC(O)C1OC(C)(C)OC1C(O)C=C. The van der Waals surface area contributed by atoms with Crippen LogP contribution in [0.3, 0.4) is 0 Å². The summed E-state index contributed by atoms with van der Waals surface area (Å²) in [4.78, 5) is 0. The van der Waals surface area contributed by atoms with E-state index >= 15 is 0 Å². The van der Waals surface area contributed by atoms with Gasteiger partial charge in [0.2, 0.25) is 0 Å². The Labute approximate surface area is 89.8 Å². The Morgan fingerprint density at radius 2 is 1.40 bits per heavy atom. The van der Waals surface area contributed by atoms with Crippen molar-refractivity contribution in [1.29, 1.82) is 0 Å². The van der Waals surface area contributed by atoms with Crippen molar-refractivity contribution in [3.05, 3.63) is 25.3 Å². The first kappa shape index (κ1) is 12.4. The smallest absolute Gasteiger partial charge is 0.164 e. The fraction of sp³-hybridized carbons (Fsp3) is 0.636. The quantitative estimate of drug-likeness (QED) is 0.673. The van der Waals surface area contributed by atoms with Gasteiger partial charge in [-0.15, -0.1) is 13.2 Å². The molecule has 0 aromatic rings. The summed E-state index contributed by atoms with van der Waals surface area (Å²) >= 11 is 0. The summed E-state index contributed by atoms with van der Waals surface area (Å²) in [5.41, 5.74) is 0. The molecule has 0 radical (unpaired) electrons. The van der Waals surface area contributed by atoms with Crippen molar-refractivity contribution in [3.63, 3.8) is 0 Å². The van der Waals surface area contributed by atoms with E-state index in [2.05, 4.69) is 13.2 Å². The van der Waals surface area contributed by atoms with Gasteiger partial charge in [0.25, 0.3) is 0 Å². The Kier molecular flexibility index (Phi) is 3.67. The molecule has 4 heteroatoms. The molecule has 1 aliphatic heterocycles. The Morgan fingerprint density at radius 3 is 1.67 bits per heavy atom. The molecule has 0 aromatic carbocycles. The normalized spacial score (nSPS) is 33.3. The standard InChI is InChI=1S/C11H18O4/c1-5-7(12)9-10(8(13)6-2)15-11(3,4)14-9/h5-10,12-13H,1-2H2,3-4H3. The van der Waals surface area contributed by atoms with Crippen LogP contribution >= 0.6 is 0 Å². The summed E-state index contributed by atoms with van der Waals surface area (Å²) < 4.78 is 11.0. The zero-order chi connectivity index (χ0) is 11.6. The van der Waals surface area contributed by atoms with Gasteiger partial charge in [0, 0.05) is 0 Å². The van der Waals surface area contributed by atoms with Crippen LogP contribution in [0.5, 0.6) is 0 Å². The van der Waals surface area contributed by atoms with E-state index in [0.717, 1.165) is 0 Å². The third-order valence-electron chi connectivity index (χ3n) is 2.32. The fourth-order valence-corrected chi connectivity index (χ4v) is 1.61. The Balaban J connectivity index is 2.83. The summed E-state index contributed by atoms with van der Waals surface area (Å²) in [6.45, 7) is 10.4. The van der Waals surface area contributed by atoms with E-state index in [4.69, 9.17) is 9.47 Å². The molecule has 0 amide bonds. The third kappa shape index (κ3) is 2.66. The van der Waals surface area contributed by atoms with E-state index in [9.17, 15) is 10.2 Å². The van der Waals surface area contributed by atoms with Gasteiger partial charge in [-0.25, -0.2) is 0 Å². The van der Waals surface area contributed by atoms with Crippen LogP contribution in [0, 0.1) is 0 Å². The molecule has 4 unspecified atom stereocenters. The van der Waals surface area contributed by atoms with Crippen LogP contribution in [0.4, 0.5) is 0 Å². The van der Waals surface area contributed by atoms with Crippen LogP contribution in [0.1, 0.15) is 13.8 Å². The number of hydrogen-bond acceptors (Lipinski definition) is 4. The summed E-state index contributed by atoms with van der Waals surface area (Å²) in [5, 5.41) is 19.3. The average molecular weight is 214 g/mol. The molecule has 0 aromatic heterocycles. The van der Waals surface area contributed by atoms with Gasteiger partial charge in [0.1, 0.15) is 24.4 Å². The maximum absolute atomic E-state index is 9.64. The van der Waals surface area contributed by atoms with E-state index in [1.807, 2.05) is 0 Å². The minimum atomic E-state index is -0.869. The highest BCUT2D eigenvalue weighted by atomic mass is 16.8. The monoisotopic (exact) mass is 214 g/mol. The van der Waals surface area contributed by atoms with Crippen molar-refractivity contribution in [1.82, 2.24) is 0 Å². The topological polar surface area (TPSA) is 58.9 Å². The second-order valence-corrected chi connectivity index (χ2v) is 4.02. The fourth-order valence-electron chi connectivity index (χ4n) is 1.61. The molecule has 86 valence electrons. The van der Waals surface area contributed by atoms with E-state index < -0.39 is 30.2 Å². The highest BCUT2D eigenvalue weighted by Gasteiger charge is 2.46. The molecule has 1 rings (SSSR count). The van der Waals surface area contributed by atoms with Crippen LogP contribution < -0.4 is 0 Å². The van der Waals surface area contributed by atoms with Crippen molar-refractivity contribution in [2.45, 2.75) is 44.1 Å². The van der Waals surface area contributed by atoms with Gasteiger partial charge in [-0.3, -0.25) is 0 Å². The Bertz CT molecular complexity index is 225. The van der Waals surface area contributed by atoms with Crippen LogP contribution in [0.25, 0.3) is 0 Å². The molecule has 1 saturated heterocycles. The molecule has 0 bridgehead atoms. The lowest BCUT2D eigenvalue weighted by Crippen LogP contribution is -2.40. The molecular formula is C11H18O4. The van der Waals surface area contributed by atoms with Crippen LogP contribution in [0.2, 0.25) is 0 Å². The number of hydrogen-bond donors (Lipinski definition) is 2. The number of aliphatic hydroxyl groups excluding tert-OH is 2. The molecule has 1 aliphatic rings. The molecule has 1 fully saturated rings. The van der Waals surface area contributed by atoms with Gasteiger partial charge in [0.05, 0.1) is 0 Å². The predicted octanol–water partition coefficient (Wildman–Crippen LogP) is 0.600. The van der Waals surface area contributed by atoms with Crippen LogP contribution in [-0.2, 0) is 9.47 Å². The molecule has 0 saturated carbocycles. The van der Waals surface area contributed by atoms with Crippen molar-refractivity contribution >= 4 is 0 Å². The molecule has 4 nitrogen and oxygen atoms in total. The summed E-state index contributed by atoms with van der Waals surface area (Å²) in [6.07, 6.45) is -0.259. The van der Waals surface area contributed by atoms with Crippen molar-refractivity contribution in [3.8, 4) is 0 Å². The van der Waals surface area contributed by atoms with Crippen molar-refractivity contribution < 1.29 is 19.7 Å². The lowest BCUT2D eigenvalue weighted by Gasteiger charge is -2.21. The first-order valence-corrected chi connectivity index (χ1v) is 4.88. The number of aliphatic hydroxyl groups is 2. The highest BCUT2D eigenvalue weighted by Crippen LogP contribution is 2.32. The number of rotatable bonds is 4.